The molecule has 0 saturated heterocycles. The van der Waals surface area contributed by atoms with Crippen LogP contribution in [0.2, 0.25) is 5.02 Å². The molecule has 0 fully saturated rings. The van der Waals surface area contributed by atoms with Gasteiger partial charge in [-0.3, -0.25) is 4.79 Å². The number of benzene rings is 2. The molecule has 2 rings (SSSR count). The van der Waals surface area contributed by atoms with Gasteiger partial charge < -0.3 is 4.74 Å². The fourth-order valence-electron chi connectivity index (χ4n) is 3.28. The van der Waals surface area contributed by atoms with Crippen molar-refractivity contribution in [2.45, 2.75) is 58.8 Å². The molecule has 0 aromatic heterocycles. The van der Waals surface area contributed by atoms with Crippen LogP contribution in [0.25, 0.3) is 11.1 Å². The highest BCUT2D eigenvalue weighted by Crippen LogP contribution is 2.36. The van der Waals surface area contributed by atoms with Gasteiger partial charge in [0.2, 0.25) is 0 Å². The number of carbonyl (C=O) groups excluding carboxylic acids is 1. The molecule has 0 saturated carbocycles. The van der Waals surface area contributed by atoms with E-state index in [4.69, 9.17) is 16.3 Å². The number of esters is 1. The van der Waals surface area contributed by atoms with E-state index < -0.39 is 33.6 Å². The number of hydrogen-bond donors (Lipinski definition) is 1. The molecule has 0 spiro atoms. The first-order valence-electron chi connectivity index (χ1n) is 9.94. The Morgan fingerprint density at radius 2 is 1.74 bits per heavy atom. The van der Waals surface area contributed by atoms with Crippen LogP contribution in [-0.4, -0.2) is 21.5 Å². The van der Waals surface area contributed by atoms with Crippen LogP contribution in [0.3, 0.4) is 0 Å². The highest BCUT2D eigenvalue weighted by atomic mass is 35.5. The standard InChI is InChI=1S/C23H28ClF2NO3S/c1-7-30-20(28)12-19(27-31(29)23(4,5)6)17-10-15(11-18(24)22(17)26)21-13(2)8-16(25)9-14(21)3/h8-11,19,27H,7,12H2,1-6H3/t19-,31-/m0/s1. The molecule has 31 heavy (non-hydrogen) atoms. The van der Waals surface area contributed by atoms with Crippen LogP contribution < -0.4 is 4.72 Å². The Morgan fingerprint density at radius 1 is 1.16 bits per heavy atom. The van der Waals surface area contributed by atoms with E-state index in [0.717, 1.165) is 5.56 Å². The second kappa shape index (κ2) is 10.2. The zero-order valence-corrected chi connectivity index (χ0v) is 20.1. The third-order valence-corrected chi connectivity index (χ3v) is 6.59. The van der Waals surface area contributed by atoms with Crippen LogP contribution in [-0.2, 0) is 20.5 Å². The average molecular weight is 472 g/mol. The van der Waals surface area contributed by atoms with Crippen molar-refractivity contribution < 1.29 is 22.5 Å². The Balaban J connectivity index is 2.62. The van der Waals surface area contributed by atoms with Crippen LogP contribution in [0.4, 0.5) is 8.78 Å². The normalized spacial score (nSPS) is 13.7. The first-order chi connectivity index (χ1) is 14.3. The van der Waals surface area contributed by atoms with E-state index in [1.807, 2.05) is 0 Å². The van der Waals surface area contributed by atoms with Crippen molar-refractivity contribution in [2.75, 3.05) is 6.61 Å². The highest BCUT2D eigenvalue weighted by molar-refractivity contribution is 7.84. The summed E-state index contributed by atoms with van der Waals surface area (Å²) in [6.45, 7) is 10.7. The van der Waals surface area contributed by atoms with Gasteiger partial charge >= 0.3 is 5.97 Å². The molecule has 0 amide bonds. The van der Waals surface area contributed by atoms with E-state index in [2.05, 4.69) is 4.72 Å². The lowest BCUT2D eigenvalue weighted by molar-refractivity contribution is -0.143. The summed E-state index contributed by atoms with van der Waals surface area (Å²) in [5.74, 6) is -1.63. The van der Waals surface area contributed by atoms with Gasteiger partial charge in [0.05, 0.1) is 39.8 Å². The Hall–Kier alpha value is -1.83. The maximum Gasteiger partial charge on any atom is 0.307 e. The van der Waals surface area contributed by atoms with Gasteiger partial charge in [0.15, 0.2) is 0 Å². The third kappa shape index (κ3) is 6.34. The summed E-state index contributed by atoms with van der Waals surface area (Å²) in [4.78, 5) is 12.2. The zero-order chi connectivity index (χ0) is 23.5. The Labute approximate surface area is 189 Å². The molecule has 0 aliphatic carbocycles. The Morgan fingerprint density at radius 3 is 2.26 bits per heavy atom. The van der Waals surface area contributed by atoms with E-state index in [1.54, 1.807) is 47.6 Å². The van der Waals surface area contributed by atoms with E-state index in [1.165, 1.54) is 18.2 Å². The summed E-state index contributed by atoms with van der Waals surface area (Å²) in [7, 11) is -1.58. The number of hydrogen-bond acceptors (Lipinski definition) is 3. The Kier molecular flexibility index (Phi) is 8.36. The lowest BCUT2D eigenvalue weighted by Gasteiger charge is -2.25. The van der Waals surface area contributed by atoms with Crippen molar-refractivity contribution in [3.8, 4) is 11.1 Å². The highest BCUT2D eigenvalue weighted by Gasteiger charge is 2.29. The van der Waals surface area contributed by atoms with Crippen molar-refractivity contribution >= 4 is 28.6 Å². The summed E-state index contributed by atoms with van der Waals surface area (Å²) in [6.07, 6.45) is -0.228. The van der Waals surface area contributed by atoms with Crippen molar-refractivity contribution in [3.05, 3.63) is 57.6 Å². The van der Waals surface area contributed by atoms with Gasteiger partial charge in [-0.1, -0.05) is 11.6 Å². The van der Waals surface area contributed by atoms with E-state index >= 15 is 4.39 Å². The minimum Gasteiger partial charge on any atom is -0.466 e. The summed E-state index contributed by atoms with van der Waals surface area (Å²) < 4.78 is 48.9. The molecule has 0 aliphatic rings. The molecule has 0 aliphatic heterocycles. The topological polar surface area (TPSA) is 55.4 Å². The van der Waals surface area contributed by atoms with E-state index in [9.17, 15) is 13.4 Å². The number of halogens is 3. The van der Waals surface area contributed by atoms with Crippen molar-refractivity contribution in [2.24, 2.45) is 0 Å². The van der Waals surface area contributed by atoms with Gasteiger partial charge in [0.25, 0.3) is 0 Å². The molecule has 1 N–H and O–H groups in total. The molecule has 170 valence electrons. The first kappa shape index (κ1) is 25.4. The largest absolute Gasteiger partial charge is 0.466 e. The van der Waals surface area contributed by atoms with Crippen LogP contribution >= 0.6 is 11.6 Å². The van der Waals surface area contributed by atoms with Gasteiger partial charge in [-0.15, -0.1) is 0 Å². The van der Waals surface area contributed by atoms with Gasteiger partial charge in [0, 0.05) is 5.56 Å². The molecular weight excluding hydrogens is 444 g/mol. The van der Waals surface area contributed by atoms with E-state index in [-0.39, 0.29) is 29.4 Å². The molecule has 4 nitrogen and oxygen atoms in total. The molecule has 0 bridgehead atoms. The lowest BCUT2D eigenvalue weighted by atomic mass is 9.92. The first-order valence-corrected chi connectivity index (χ1v) is 11.5. The number of ether oxygens (including phenoxy) is 1. The van der Waals surface area contributed by atoms with Crippen molar-refractivity contribution in [1.82, 2.24) is 4.72 Å². The summed E-state index contributed by atoms with van der Waals surface area (Å²) in [5.41, 5.74) is 2.72. The number of nitrogens with one attached hydrogen (secondary N) is 1. The van der Waals surface area contributed by atoms with Crippen molar-refractivity contribution in [3.63, 3.8) is 0 Å². The van der Waals surface area contributed by atoms with Crippen LogP contribution in [0.5, 0.6) is 0 Å². The van der Waals surface area contributed by atoms with Crippen LogP contribution in [0.1, 0.15) is 56.8 Å². The minimum absolute atomic E-state index is 0.0938. The molecule has 0 unspecified atom stereocenters. The monoisotopic (exact) mass is 471 g/mol. The third-order valence-electron chi connectivity index (χ3n) is 4.70. The molecule has 8 heteroatoms. The minimum atomic E-state index is -1.58. The quantitative estimate of drug-likeness (QED) is 0.508. The second-order valence-electron chi connectivity index (χ2n) is 8.34. The summed E-state index contributed by atoms with van der Waals surface area (Å²) >= 11 is 6.20. The predicted octanol–water partition coefficient (Wildman–Crippen LogP) is 5.95. The fourth-order valence-corrected chi connectivity index (χ4v) is 4.33. The van der Waals surface area contributed by atoms with Crippen LogP contribution in [0, 0.1) is 25.5 Å². The SMILES string of the molecule is CCOC(=O)C[C@H](N[S@@](=O)C(C)(C)C)c1cc(-c2c(C)cc(F)cc2C)cc(Cl)c1F. The Bertz CT molecular complexity index is 982. The maximum atomic E-state index is 15.1. The summed E-state index contributed by atoms with van der Waals surface area (Å²) in [5, 5.41) is -0.146. The predicted molar refractivity (Wildman–Crippen MR) is 121 cm³/mol. The number of rotatable bonds is 7. The second-order valence-corrected chi connectivity index (χ2v) is 10.7. The number of aryl methyl sites for hydroxylation is 2. The average Bonchev–Trinajstić information content (AvgIpc) is 2.62. The van der Waals surface area contributed by atoms with Gasteiger partial charge in [-0.25, -0.2) is 17.7 Å². The fraction of sp³-hybridized carbons (Fsp3) is 0.435. The van der Waals surface area contributed by atoms with Crippen molar-refractivity contribution in [1.29, 1.82) is 0 Å². The smallest absolute Gasteiger partial charge is 0.307 e. The molecule has 0 radical (unpaired) electrons. The molecule has 2 aromatic carbocycles. The number of carbonyl (C=O) groups is 1. The zero-order valence-electron chi connectivity index (χ0n) is 18.6. The summed E-state index contributed by atoms with van der Waals surface area (Å²) in [6, 6.07) is 4.88. The van der Waals surface area contributed by atoms with Crippen LogP contribution in [0.15, 0.2) is 24.3 Å². The van der Waals surface area contributed by atoms with Gasteiger partial charge in [-0.05, 0) is 88.1 Å². The molecule has 2 atom stereocenters. The maximum absolute atomic E-state index is 15.1. The lowest BCUT2D eigenvalue weighted by Crippen LogP contribution is -2.37. The molecule has 2 aromatic rings. The molecular formula is C23H28ClF2NO3S. The van der Waals surface area contributed by atoms with Gasteiger partial charge in [0.1, 0.15) is 11.6 Å². The van der Waals surface area contributed by atoms with Gasteiger partial charge in [-0.2, -0.15) is 0 Å². The van der Waals surface area contributed by atoms with E-state index in [0.29, 0.717) is 16.7 Å². The molecule has 0 heterocycles.